The van der Waals surface area contributed by atoms with Gasteiger partial charge in [0.05, 0.1) is 7.11 Å². The highest BCUT2D eigenvalue weighted by Gasteiger charge is 2.24. The quantitative estimate of drug-likeness (QED) is 0.249. The molecular weight excluding hydrogens is 464 g/mol. The smallest absolute Gasteiger partial charge is 0.293 e. The lowest BCUT2D eigenvalue weighted by atomic mass is 9.88. The molecule has 2 N–H and O–H groups in total. The van der Waals surface area contributed by atoms with Crippen LogP contribution in [0.25, 0.3) is 11.0 Å². The van der Waals surface area contributed by atoms with E-state index in [1.54, 1.807) is 37.4 Å². The van der Waals surface area contributed by atoms with Gasteiger partial charge in [0.15, 0.2) is 0 Å². The molecule has 0 radical (unpaired) electrons. The zero-order valence-electron chi connectivity index (χ0n) is 20.3. The maximum Gasteiger partial charge on any atom is 0.293 e. The lowest BCUT2D eigenvalue weighted by Crippen LogP contribution is -2.19. The Labute approximate surface area is 214 Å². The molecule has 5 aromatic rings. The van der Waals surface area contributed by atoms with Gasteiger partial charge >= 0.3 is 0 Å². The Morgan fingerprint density at radius 2 is 1.35 bits per heavy atom. The van der Waals surface area contributed by atoms with Gasteiger partial charge in [-0.05, 0) is 47.5 Å². The average Bonchev–Trinajstić information content (AvgIpc) is 3.31. The van der Waals surface area contributed by atoms with Crippen LogP contribution in [-0.2, 0) is 4.79 Å². The normalized spacial score (nSPS) is 10.9. The van der Waals surface area contributed by atoms with Gasteiger partial charge in [-0.1, -0.05) is 72.8 Å². The summed E-state index contributed by atoms with van der Waals surface area (Å²) in [5.74, 6) is -0.0957. The molecule has 37 heavy (non-hydrogen) atoms. The van der Waals surface area contributed by atoms with Crippen LogP contribution in [0, 0.1) is 0 Å². The summed E-state index contributed by atoms with van der Waals surface area (Å²) in [6, 6.07) is 34.1. The van der Waals surface area contributed by atoms with Crippen LogP contribution in [0.1, 0.15) is 34.0 Å². The van der Waals surface area contributed by atoms with E-state index in [9.17, 15) is 9.59 Å². The van der Waals surface area contributed by atoms with Gasteiger partial charge in [0.25, 0.3) is 5.91 Å². The molecule has 6 heteroatoms. The summed E-state index contributed by atoms with van der Waals surface area (Å²) in [7, 11) is 1.58. The minimum Gasteiger partial charge on any atom is -0.497 e. The van der Waals surface area contributed by atoms with Crippen molar-refractivity contribution in [2.45, 2.75) is 12.3 Å². The Balaban J connectivity index is 1.43. The van der Waals surface area contributed by atoms with Crippen molar-refractivity contribution in [1.29, 1.82) is 0 Å². The van der Waals surface area contributed by atoms with Crippen LogP contribution in [0.3, 0.4) is 0 Å². The molecule has 0 spiro atoms. The van der Waals surface area contributed by atoms with E-state index < -0.39 is 5.91 Å². The Kier molecular flexibility index (Phi) is 6.99. The summed E-state index contributed by atoms with van der Waals surface area (Å²) < 4.78 is 11.1. The third kappa shape index (κ3) is 5.38. The van der Waals surface area contributed by atoms with Crippen LogP contribution in [0.4, 0.5) is 11.4 Å². The maximum absolute atomic E-state index is 13.4. The number of carbonyl (C=O) groups excluding carboxylic acids is 2. The second-order valence-electron chi connectivity index (χ2n) is 8.61. The molecule has 1 aromatic heterocycles. The summed E-state index contributed by atoms with van der Waals surface area (Å²) in [5.41, 5.74) is 3.53. The molecule has 0 unspecified atom stereocenters. The number of rotatable bonds is 8. The Hall–Kier alpha value is -4.84. The van der Waals surface area contributed by atoms with Crippen molar-refractivity contribution in [3.05, 3.63) is 126 Å². The number of nitrogens with one attached hydrogen (secondary N) is 2. The van der Waals surface area contributed by atoms with Gasteiger partial charge in [-0.2, -0.15) is 0 Å². The van der Waals surface area contributed by atoms with Crippen LogP contribution in [0.15, 0.2) is 114 Å². The van der Waals surface area contributed by atoms with E-state index in [4.69, 9.17) is 9.15 Å². The molecule has 0 saturated heterocycles. The number of para-hydroxylation sites is 1. The second-order valence-corrected chi connectivity index (χ2v) is 8.61. The Morgan fingerprint density at radius 1 is 0.757 bits per heavy atom. The Bertz CT molecular complexity index is 1470. The SMILES string of the molecule is COc1ccc(NC(=O)c2oc3ccccc3c2NC(=O)CC(c2ccccc2)c2ccccc2)cc1. The second kappa shape index (κ2) is 10.8. The summed E-state index contributed by atoms with van der Waals surface area (Å²) in [4.78, 5) is 26.6. The number of hydrogen-bond acceptors (Lipinski definition) is 4. The zero-order valence-corrected chi connectivity index (χ0v) is 20.3. The Morgan fingerprint density at radius 3 is 1.97 bits per heavy atom. The molecular formula is C31H26N2O4. The van der Waals surface area contributed by atoms with E-state index in [0.717, 1.165) is 11.1 Å². The lowest BCUT2D eigenvalue weighted by molar-refractivity contribution is -0.116. The summed E-state index contributed by atoms with van der Waals surface area (Å²) in [5, 5.41) is 6.47. The first-order valence-electron chi connectivity index (χ1n) is 12.0. The fourth-order valence-corrected chi connectivity index (χ4v) is 4.37. The highest BCUT2D eigenvalue weighted by Crippen LogP contribution is 2.33. The molecule has 0 atom stereocenters. The number of methoxy groups -OCH3 is 1. The average molecular weight is 491 g/mol. The first-order chi connectivity index (χ1) is 18.1. The van der Waals surface area contributed by atoms with Crippen LogP contribution < -0.4 is 15.4 Å². The molecule has 0 fully saturated rings. The van der Waals surface area contributed by atoms with Crippen molar-refractivity contribution in [1.82, 2.24) is 0 Å². The van der Waals surface area contributed by atoms with E-state index in [1.165, 1.54) is 0 Å². The highest BCUT2D eigenvalue weighted by atomic mass is 16.5. The number of hydrogen-bond donors (Lipinski definition) is 2. The molecule has 184 valence electrons. The van der Waals surface area contributed by atoms with Gasteiger partial charge in [0.2, 0.25) is 11.7 Å². The van der Waals surface area contributed by atoms with Gasteiger partial charge < -0.3 is 19.8 Å². The zero-order chi connectivity index (χ0) is 25.6. The van der Waals surface area contributed by atoms with Gasteiger partial charge in [0.1, 0.15) is 17.0 Å². The molecule has 0 aliphatic carbocycles. The summed E-state index contributed by atoms with van der Waals surface area (Å²) in [6.45, 7) is 0. The molecule has 0 aliphatic heterocycles. The van der Waals surface area contributed by atoms with Gasteiger partial charge in [-0.3, -0.25) is 9.59 Å². The van der Waals surface area contributed by atoms with Crippen LogP contribution in [-0.4, -0.2) is 18.9 Å². The predicted molar refractivity (Wildman–Crippen MR) is 145 cm³/mol. The molecule has 6 nitrogen and oxygen atoms in total. The molecule has 2 amide bonds. The van der Waals surface area contributed by atoms with Crippen molar-refractivity contribution in [3.63, 3.8) is 0 Å². The van der Waals surface area contributed by atoms with E-state index >= 15 is 0 Å². The van der Waals surface area contributed by atoms with Crippen molar-refractivity contribution in [2.24, 2.45) is 0 Å². The van der Waals surface area contributed by atoms with E-state index in [-0.39, 0.29) is 24.0 Å². The molecule has 0 saturated carbocycles. The molecule has 5 rings (SSSR count). The lowest BCUT2D eigenvalue weighted by Gasteiger charge is -2.18. The van der Waals surface area contributed by atoms with E-state index in [0.29, 0.717) is 28.1 Å². The monoisotopic (exact) mass is 490 g/mol. The number of anilines is 2. The van der Waals surface area contributed by atoms with Crippen LogP contribution in [0.2, 0.25) is 0 Å². The molecule has 4 aromatic carbocycles. The van der Waals surface area contributed by atoms with Crippen molar-refractivity contribution >= 4 is 34.2 Å². The number of carbonyl (C=O) groups is 2. The van der Waals surface area contributed by atoms with E-state index in [2.05, 4.69) is 10.6 Å². The summed E-state index contributed by atoms with van der Waals surface area (Å²) >= 11 is 0. The predicted octanol–water partition coefficient (Wildman–Crippen LogP) is 6.85. The fraction of sp³-hybridized carbons (Fsp3) is 0.0968. The van der Waals surface area contributed by atoms with Crippen LogP contribution >= 0.6 is 0 Å². The number of furan rings is 1. The topological polar surface area (TPSA) is 80.6 Å². The summed E-state index contributed by atoms with van der Waals surface area (Å²) in [6.07, 6.45) is 0.201. The van der Waals surface area contributed by atoms with Gasteiger partial charge in [-0.15, -0.1) is 0 Å². The number of amides is 2. The van der Waals surface area contributed by atoms with Crippen molar-refractivity contribution < 1.29 is 18.7 Å². The minimum absolute atomic E-state index is 0.0429. The fourth-order valence-electron chi connectivity index (χ4n) is 4.37. The van der Waals surface area contributed by atoms with Crippen LogP contribution in [0.5, 0.6) is 5.75 Å². The van der Waals surface area contributed by atoms with E-state index in [1.807, 2.05) is 78.9 Å². The molecule has 0 aliphatic rings. The highest BCUT2D eigenvalue weighted by molar-refractivity contribution is 6.14. The number of benzene rings is 4. The van der Waals surface area contributed by atoms with Crippen molar-refractivity contribution in [2.75, 3.05) is 17.7 Å². The third-order valence-corrected chi connectivity index (χ3v) is 6.21. The minimum atomic E-state index is -0.459. The first-order valence-corrected chi connectivity index (χ1v) is 12.0. The van der Waals surface area contributed by atoms with Crippen molar-refractivity contribution in [3.8, 4) is 5.75 Å². The standard InChI is InChI=1S/C31H26N2O4/c1-36-24-18-16-23(17-19-24)32-31(35)30-29(25-14-8-9-15-27(25)37-30)33-28(34)20-26(21-10-4-2-5-11-21)22-12-6-3-7-13-22/h2-19,26H,20H2,1H3,(H,32,35)(H,33,34). The maximum atomic E-state index is 13.4. The van der Waals surface area contributed by atoms with Gasteiger partial charge in [0, 0.05) is 23.4 Å². The number of ether oxygens (including phenoxy) is 1. The first kappa shape index (κ1) is 23.9. The number of fused-ring (bicyclic) bond motifs is 1. The largest absolute Gasteiger partial charge is 0.497 e. The molecule has 1 heterocycles. The molecule has 0 bridgehead atoms. The van der Waals surface area contributed by atoms with Gasteiger partial charge in [-0.25, -0.2) is 0 Å². The third-order valence-electron chi connectivity index (χ3n) is 6.21.